The second-order valence-corrected chi connectivity index (χ2v) is 4.72. The molecule has 0 spiro atoms. The van der Waals surface area contributed by atoms with E-state index in [9.17, 15) is 22.8 Å². The lowest BCUT2D eigenvalue weighted by Crippen LogP contribution is -2.43. The molecule has 2 rings (SSSR count). The van der Waals surface area contributed by atoms with E-state index in [1.807, 2.05) is 0 Å². The van der Waals surface area contributed by atoms with Gasteiger partial charge >= 0.3 is 11.9 Å². The van der Waals surface area contributed by atoms with Crippen LogP contribution >= 0.6 is 11.6 Å². The van der Waals surface area contributed by atoms with Crippen LogP contribution in [-0.2, 0) is 17.8 Å². The molecule has 22 heavy (non-hydrogen) atoms. The van der Waals surface area contributed by atoms with Gasteiger partial charge in [-0.3, -0.25) is 13.9 Å². The first-order valence-electron chi connectivity index (χ1n) is 6.28. The molecular formula is C11H12ClF3N4O3. The zero-order chi connectivity index (χ0) is 16.5. The summed E-state index contributed by atoms with van der Waals surface area (Å²) in [5, 5.41) is -0.273. The summed E-state index contributed by atoms with van der Waals surface area (Å²) in [5.74, 6) is 0. The Kier molecular flexibility index (Phi) is 4.61. The van der Waals surface area contributed by atoms with Crippen LogP contribution in [0.5, 0.6) is 0 Å². The number of hydrogen-bond acceptors (Lipinski definition) is 4. The molecule has 0 aromatic carbocycles. The Balaban J connectivity index is 2.65. The van der Waals surface area contributed by atoms with Crippen LogP contribution in [0.1, 0.15) is 6.92 Å². The molecule has 0 atom stereocenters. The summed E-state index contributed by atoms with van der Waals surface area (Å²) < 4.78 is 44.0. The summed E-state index contributed by atoms with van der Waals surface area (Å²) in [7, 11) is 0. The van der Waals surface area contributed by atoms with E-state index >= 15 is 0 Å². The minimum Gasteiger partial charge on any atom is -0.380 e. The van der Waals surface area contributed by atoms with Gasteiger partial charge in [-0.1, -0.05) is 0 Å². The molecule has 0 aliphatic carbocycles. The standard InChI is InChI=1S/C11H12ClF3N4O3/c1-2-22-4-3-18-8(20)6-7(17-9(12)16-6)19(10(18)21)5-11(13,14)15/h2-5H2,1H3,(H,16,17). The van der Waals surface area contributed by atoms with Gasteiger partial charge in [-0.15, -0.1) is 0 Å². The normalized spacial score (nSPS) is 12.2. The second kappa shape index (κ2) is 6.13. The van der Waals surface area contributed by atoms with Crippen molar-refractivity contribution in [1.29, 1.82) is 0 Å². The van der Waals surface area contributed by atoms with Crippen LogP contribution in [0.2, 0.25) is 5.28 Å². The average molecular weight is 341 g/mol. The first-order valence-corrected chi connectivity index (χ1v) is 6.65. The number of rotatable bonds is 5. The number of hydrogen-bond donors (Lipinski definition) is 1. The summed E-state index contributed by atoms with van der Waals surface area (Å²) in [6.07, 6.45) is -4.65. The largest absolute Gasteiger partial charge is 0.406 e. The molecular weight excluding hydrogens is 329 g/mol. The van der Waals surface area contributed by atoms with E-state index in [4.69, 9.17) is 16.3 Å². The maximum Gasteiger partial charge on any atom is 0.406 e. The molecule has 0 saturated carbocycles. The van der Waals surface area contributed by atoms with Gasteiger partial charge in [-0.2, -0.15) is 18.2 Å². The lowest BCUT2D eigenvalue weighted by atomic mass is 10.4. The summed E-state index contributed by atoms with van der Waals surface area (Å²) in [6.45, 7) is 0.339. The number of alkyl halides is 3. The van der Waals surface area contributed by atoms with Gasteiger partial charge in [0.2, 0.25) is 5.28 Å². The monoisotopic (exact) mass is 340 g/mol. The lowest BCUT2D eigenvalue weighted by Gasteiger charge is -2.12. The Bertz CT molecular complexity index is 793. The smallest absolute Gasteiger partial charge is 0.380 e. The molecule has 0 aliphatic heterocycles. The van der Waals surface area contributed by atoms with Crippen LogP contribution in [0.15, 0.2) is 9.59 Å². The summed E-state index contributed by atoms with van der Waals surface area (Å²) in [6, 6.07) is 0. The second-order valence-electron chi connectivity index (χ2n) is 4.36. The molecule has 11 heteroatoms. The first kappa shape index (κ1) is 16.6. The van der Waals surface area contributed by atoms with E-state index in [0.717, 1.165) is 0 Å². The summed E-state index contributed by atoms with van der Waals surface area (Å²) >= 11 is 5.59. The Morgan fingerprint density at radius 1 is 1.32 bits per heavy atom. The summed E-state index contributed by atoms with van der Waals surface area (Å²) in [4.78, 5) is 30.3. The fourth-order valence-corrected chi connectivity index (χ4v) is 2.13. The van der Waals surface area contributed by atoms with Crippen molar-refractivity contribution in [2.24, 2.45) is 0 Å². The predicted octanol–water partition coefficient (Wildman–Crippen LogP) is 1.14. The number of aromatic nitrogens is 4. The van der Waals surface area contributed by atoms with Gasteiger partial charge in [0.05, 0.1) is 13.2 Å². The molecule has 122 valence electrons. The van der Waals surface area contributed by atoms with Gasteiger partial charge < -0.3 is 9.72 Å². The molecule has 7 nitrogen and oxygen atoms in total. The predicted molar refractivity (Wildman–Crippen MR) is 72.2 cm³/mol. The zero-order valence-corrected chi connectivity index (χ0v) is 12.2. The van der Waals surface area contributed by atoms with Crippen molar-refractivity contribution in [3.63, 3.8) is 0 Å². The maximum absolute atomic E-state index is 12.7. The third kappa shape index (κ3) is 3.33. The molecule has 0 bridgehead atoms. The van der Waals surface area contributed by atoms with Gasteiger partial charge in [0, 0.05) is 6.61 Å². The van der Waals surface area contributed by atoms with Crippen molar-refractivity contribution >= 4 is 22.8 Å². The van der Waals surface area contributed by atoms with Crippen molar-refractivity contribution in [1.82, 2.24) is 19.1 Å². The van der Waals surface area contributed by atoms with Gasteiger partial charge in [0.1, 0.15) is 6.54 Å². The van der Waals surface area contributed by atoms with E-state index in [2.05, 4.69) is 9.97 Å². The lowest BCUT2D eigenvalue weighted by molar-refractivity contribution is -0.140. The Morgan fingerprint density at radius 3 is 2.59 bits per heavy atom. The number of H-pyrrole nitrogens is 1. The molecule has 2 aromatic heterocycles. The number of aromatic amines is 1. The van der Waals surface area contributed by atoms with E-state index in [1.165, 1.54) is 0 Å². The highest BCUT2D eigenvalue weighted by Gasteiger charge is 2.31. The molecule has 2 aromatic rings. The third-order valence-electron chi connectivity index (χ3n) is 2.83. The number of fused-ring (bicyclic) bond motifs is 1. The zero-order valence-electron chi connectivity index (χ0n) is 11.4. The Labute approximate surface area is 126 Å². The molecule has 2 heterocycles. The fraction of sp³-hybridized carbons (Fsp3) is 0.545. The number of nitrogens with one attached hydrogen (secondary N) is 1. The van der Waals surface area contributed by atoms with Crippen molar-refractivity contribution in [2.75, 3.05) is 13.2 Å². The van der Waals surface area contributed by atoms with E-state index in [-0.39, 0.29) is 24.0 Å². The Hall–Kier alpha value is -1.81. The van der Waals surface area contributed by atoms with Crippen LogP contribution in [0.3, 0.4) is 0 Å². The van der Waals surface area contributed by atoms with Crippen LogP contribution in [0, 0.1) is 0 Å². The average Bonchev–Trinajstić information content (AvgIpc) is 2.80. The molecule has 0 amide bonds. The third-order valence-corrected chi connectivity index (χ3v) is 3.01. The van der Waals surface area contributed by atoms with Crippen molar-refractivity contribution in [3.05, 3.63) is 26.1 Å². The highest BCUT2D eigenvalue weighted by Crippen LogP contribution is 2.19. The van der Waals surface area contributed by atoms with Gasteiger partial charge in [-0.25, -0.2) is 4.79 Å². The molecule has 0 saturated heterocycles. The van der Waals surface area contributed by atoms with E-state index in [0.29, 0.717) is 15.7 Å². The molecule has 0 unspecified atom stereocenters. The maximum atomic E-state index is 12.7. The minimum absolute atomic E-state index is 0.0189. The minimum atomic E-state index is -4.65. The van der Waals surface area contributed by atoms with Crippen molar-refractivity contribution in [3.8, 4) is 0 Å². The van der Waals surface area contributed by atoms with Crippen LogP contribution in [0.25, 0.3) is 11.2 Å². The first-order chi connectivity index (χ1) is 10.2. The van der Waals surface area contributed by atoms with E-state index < -0.39 is 29.6 Å². The molecule has 0 radical (unpaired) electrons. The summed E-state index contributed by atoms with van der Waals surface area (Å²) in [5.41, 5.74) is -2.59. The quantitative estimate of drug-likeness (QED) is 0.653. The number of ether oxygens (including phenoxy) is 1. The highest BCUT2D eigenvalue weighted by molar-refractivity contribution is 6.28. The highest BCUT2D eigenvalue weighted by atomic mass is 35.5. The topological polar surface area (TPSA) is 81.9 Å². The number of imidazole rings is 1. The van der Waals surface area contributed by atoms with Crippen molar-refractivity contribution in [2.45, 2.75) is 26.2 Å². The van der Waals surface area contributed by atoms with Crippen molar-refractivity contribution < 1.29 is 17.9 Å². The molecule has 0 aliphatic rings. The molecule has 0 fully saturated rings. The van der Waals surface area contributed by atoms with E-state index in [1.54, 1.807) is 6.92 Å². The SMILES string of the molecule is CCOCCn1c(=O)c2[nH]c(Cl)nc2n(CC(F)(F)F)c1=O. The van der Waals surface area contributed by atoms with Gasteiger partial charge in [0.15, 0.2) is 11.2 Å². The van der Waals surface area contributed by atoms with Crippen LogP contribution in [0.4, 0.5) is 13.2 Å². The number of halogens is 4. The Morgan fingerprint density at radius 2 is 2.00 bits per heavy atom. The fourth-order valence-electron chi connectivity index (χ4n) is 1.96. The molecule has 1 N–H and O–H groups in total. The van der Waals surface area contributed by atoms with Crippen LogP contribution < -0.4 is 11.2 Å². The van der Waals surface area contributed by atoms with Crippen LogP contribution in [-0.4, -0.2) is 38.5 Å². The van der Waals surface area contributed by atoms with Gasteiger partial charge in [0.25, 0.3) is 5.56 Å². The van der Waals surface area contributed by atoms with Gasteiger partial charge in [-0.05, 0) is 18.5 Å². The number of nitrogens with zero attached hydrogens (tertiary/aromatic N) is 3.